The van der Waals surface area contributed by atoms with E-state index in [1.165, 1.54) is 23.1 Å². The van der Waals surface area contributed by atoms with Crippen LogP contribution in [0.5, 0.6) is 0 Å². The Morgan fingerprint density at radius 2 is 1.52 bits per heavy atom. The molecule has 2 heteroatoms. The number of hydrogen-bond donors (Lipinski definition) is 0. The first-order chi connectivity index (χ1) is 10.8. The van der Waals surface area contributed by atoms with Gasteiger partial charge in [0.2, 0.25) is 0 Å². The fourth-order valence-electron chi connectivity index (χ4n) is 2.84. The number of allylic oxidation sites excluding steroid dienone is 6. The Balaban J connectivity index is 2.22. The predicted octanol–water partition coefficient (Wildman–Crippen LogP) is 6.34. The molecule has 2 unspecified atom stereocenters. The highest BCUT2D eigenvalue weighted by Crippen LogP contribution is 2.28. The molecule has 1 aliphatic heterocycles. The van der Waals surface area contributed by atoms with Gasteiger partial charge in [0.1, 0.15) is 0 Å². The molecule has 23 heavy (non-hydrogen) atoms. The second-order valence-electron chi connectivity index (χ2n) is 7.37. The van der Waals surface area contributed by atoms with Crippen LogP contribution in [-0.4, -0.2) is 18.5 Å². The summed E-state index contributed by atoms with van der Waals surface area (Å²) in [6.45, 7) is 13.6. The summed E-state index contributed by atoms with van der Waals surface area (Å²) in [6.07, 6.45) is 13.9. The summed E-state index contributed by atoms with van der Waals surface area (Å²) in [5, 5.41) is 0. The highest BCUT2D eigenvalue weighted by atomic mass is 16.7. The van der Waals surface area contributed by atoms with Gasteiger partial charge in [0.15, 0.2) is 5.79 Å². The Labute approximate surface area is 143 Å². The van der Waals surface area contributed by atoms with Crippen LogP contribution in [0.15, 0.2) is 34.9 Å². The van der Waals surface area contributed by atoms with Crippen LogP contribution in [0.25, 0.3) is 0 Å². The largest absolute Gasteiger partial charge is 0.348 e. The van der Waals surface area contributed by atoms with Gasteiger partial charge in [0, 0.05) is 6.42 Å². The summed E-state index contributed by atoms with van der Waals surface area (Å²) in [7, 11) is 0. The normalized spacial score (nSPS) is 25.7. The Morgan fingerprint density at radius 3 is 2.04 bits per heavy atom. The summed E-state index contributed by atoms with van der Waals surface area (Å²) >= 11 is 0. The van der Waals surface area contributed by atoms with Crippen molar-refractivity contribution in [1.82, 2.24) is 0 Å². The van der Waals surface area contributed by atoms with Crippen LogP contribution in [-0.2, 0) is 9.47 Å². The maximum atomic E-state index is 5.83. The molecule has 0 amide bonds. The summed E-state index contributed by atoms with van der Waals surface area (Å²) < 4.78 is 11.6. The maximum absolute atomic E-state index is 5.83. The molecule has 1 saturated heterocycles. The lowest BCUT2D eigenvalue weighted by Gasteiger charge is -2.22. The Kier molecular flexibility index (Phi) is 8.86. The van der Waals surface area contributed by atoms with Gasteiger partial charge >= 0.3 is 0 Å². The van der Waals surface area contributed by atoms with Gasteiger partial charge in [-0.1, -0.05) is 34.9 Å². The van der Waals surface area contributed by atoms with Gasteiger partial charge in [-0.2, -0.15) is 0 Å². The molecule has 1 rings (SSSR count). The lowest BCUT2D eigenvalue weighted by atomic mass is 10.0. The first kappa shape index (κ1) is 20.2. The lowest BCUT2D eigenvalue weighted by Crippen LogP contribution is -2.25. The number of rotatable bonds is 9. The smallest absolute Gasteiger partial charge is 0.166 e. The summed E-state index contributed by atoms with van der Waals surface area (Å²) in [5.41, 5.74) is 4.38. The zero-order valence-electron chi connectivity index (χ0n) is 16.1. The average molecular weight is 321 g/mol. The molecule has 0 aromatic heterocycles. The Morgan fingerprint density at radius 1 is 0.957 bits per heavy atom. The topological polar surface area (TPSA) is 18.5 Å². The third-order valence-electron chi connectivity index (χ3n) is 4.29. The third-order valence-corrected chi connectivity index (χ3v) is 4.29. The van der Waals surface area contributed by atoms with Gasteiger partial charge in [0.05, 0.1) is 12.7 Å². The Hall–Kier alpha value is -0.860. The molecule has 1 heterocycles. The van der Waals surface area contributed by atoms with E-state index in [1.54, 1.807) is 0 Å². The van der Waals surface area contributed by atoms with Gasteiger partial charge in [-0.05, 0) is 73.6 Å². The summed E-state index contributed by atoms with van der Waals surface area (Å²) in [4.78, 5) is 0. The van der Waals surface area contributed by atoms with Crippen LogP contribution in [0.4, 0.5) is 0 Å². The van der Waals surface area contributed by atoms with Crippen molar-refractivity contribution in [3.8, 4) is 0 Å². The van der Waals surface area contributed by atoms with Crippen molar-refractivity contribution in [1.29, 1.82) is 0 Å². The van der Waals surface area contributed by atoms with Crippen LogP contribution < -0.4 is 0 Å². The number of hydrogen-bond acceptors (Lipinski definition) is 2. The highest BCUT2D eigenvalue weighted by molar-refractivity contribution is 5.05. The molecule has 0 saturated carbocycles. The van der Waals surface area contributed by atoms with E-state index in [9.17, 15) is 0 Å². The van der Waals surface area contributed by atoms with Crippen molar-refractivity contribution < 1.29 is 9.47 Å². The highest BCUT2D eigenvalue weighted by Gasteiger charge is 2.34. The van der Waals surface area contributed by atoms with Crippen molar-refractivity contribution in [3.63, 3.8) is 0 Å². The van der Waals surface area contributed by atoms with E-state index < -0.39 is 0 Å². The quantitative estimate of drug-likeness (QED) is 0.462. The maximum Gasteiger partial charge on any atom is 0.166 e. The summed E-state index contributed by atoms with van der Waals surface area (Å²) in [5.74, 6) is -0.377. The van der Waals surface area contributed by atoms with Gasteiger partial charge in [-0.3, -0.25) is 0 Å². The molecule has 0 spiro atoms. The molecule has 0 aliphatic carbocycles. The number of ether oxygens (including phenoxy) is 2. The van der Waals surface area contributed by atoms with Crippen molar-refractivity contribution in [2.75, 3.05) is 6.61 Å². The minimum absolute atomic E-state index is 0.226. The molecule has 0 N–H and O–H groups in total. The fourth-order valence-corrected chi connectivity index (χ4v) is 2.84. The monoisotopic (exact) mass is 320 g/mol. The van der Waals surface area contributed by atoms with E-state index >= 15 is 0 Å². The van der Waals surface area contributed by atoms with E-state index in [2.05, 4.69) is 59.8 Å². The van der Waals surface area contributed by atoms with Crippen LogP contribution >= 0.6 is 0 Å². The molecular formula is C21H36O2. The fraction of sp³-hybridized carbons (Fsp3) is 0.714. The average Bonchev–Trinajstić information content (AvgIpc) is 2.78. The first-order valence-corrected chi connectivity index (χ1v) is 9.07. The van der Waals surface area contributed by atoms with Crippen molar-refractivity contribution in [3.05, 3.63) is 34.9 Å². The van der Waals surface area contributed by atoms with Crippen LogP contribution in [0.1, 0.15) is 80.1 Å². The summed E-state index contributed by atoms with van der Waals surface area (Å²) in [6, 6.07) is 0. The first-order valence-electron chi connectivity index (χ1n) is 9.07. The van der Waals surface area contributed by atoms with Crippen molar-refractivity contribution in [2.24, 2.45) is 0 Å². The van der Waals surface area contributed by atoms with Gasteiger partial charge in [0.25, 0.3) is 0 Å². The Bertz CT molecular complexity index is 441. The SMILES string of the molecule is CC(C)=CCC/C(C)=C/CC/C(C)=C/CCC1(C)OCC(C)O1. The zero-order chi connectivity index (χ0) is 17.3. The minimum atomic E-state index is -0.377. The van der Waals surface area contributed by atoms with Gasteiger partial charge in [-0.25, -0.2) is 0 Å². The van der Waals surface area contributed by atoms with E-state index in [0.717, 1.165) is 38.7 Å². The molecule has 132 valence electrons. The molecule has 1 aliphatic rings. The molecule has 0 aromatic carbocycles. The molecule has 1 fully saturated rings. The second kappa shape index (κ2) is 10.1. The van der Waals surface area contributed by atoms with Crippen LogP contribution in [0.3, 0.4) is 0 Å². The molecular weight excluding hydrogens is 284 g/mol. The molecule has 0 radical (unpaired) electrons. The molecule has 2 atom stereocenters. The van der Waals surface area contributed by atoms with Gasteiger partial charge < -0.3 is 9.47 Å². The molecule has 0 bridgehead atoms. The van der Waals surface area contributed by atoms with E-state index in [0.29, 0.717) is 0 Å². The van der Waals surface area contributed by atoms with Gasteiger partial charge in [-0.15, -0.1) is 0 Å². The van der Waals surface area contributed by atoms with E-state index in [-0.39, 0.29) is 11.9 Å². The second-order valence-corrected chi connectivity index (χ2v) is 7.37. The third kappa shape index (κ3) is 9.12. The van der Waals surface area contributed by atoms with Crippen LogP contribution in [0, 0.1) is 0 Å². The molecule has 2 nitrogen and oxygen atoms in total. The van der Waals surface area contributed by atoms with E-state index in [4.69, 9.17) is 9.47 Å². The molecule has 0 aromatic rings. The van der Waals surface area contributed by atoms with E-state index in [1.807, 2.05) is 0 Å². The zero-order valence-corrected chi connectivity index (χ0v) is 16.1. The van der Waals surface area contributed by atoms with Crippen molar-refractivity contribution in [2.45, 2.75) is 92.0 Å². The van der Waals surface area contributed by atoms with Crippen LogP contribution in [0.2, 0.25) is 0 Å². The predicted molar refractivity (Wildman–Crippen MR) is 99.6 cm³/mol. The van der Waals surface area contributed by atoms with Crippen molar-refractivity contribution >= 4 is 0 Å². The standard InChI is InChI=1S/C21H36O2/c1-17(2)10-7-11-18(3)12-8-13-19(4)14-9-15-21(6)22-16-20(5)23-21/h10,12,14,20H,7-9,11,13,15-16H2,1-6H3/b18-12+,19-14+. The lowest BCUT2D eigenvalue weighted by molar-refractivity contribution is -0.155. The minimum Gasteiger partial charge on any atom is -0.348 e.